The third-order valence-corrected chi connectivity index (χ3v) is 4.37. The molecule has 0 saturated carbocycles. The predicted molar refractivity (Wildman–Crippen MR) is 122 cm³/mol. The van der Waals surface area contributed by atoms with Gasteiger partial charge in [-0.15, -0.1) is 24.0 Å². The lowest BCUT2D eigenvalue weighted by Crippen LogP contribution is -2.40. The van der Waals surface area contributed by atoms with Crippen LogP contribution in [0.15, 0.2) is 47.7 Å². The summed E-state index contributed by atoms with van der Waals surface area (Å²) in [5.74, 6) is 0.411. The maximum Gasteiger partial charge on any atom is 0.324 e. The SMILES string of the molecule is CCNC(=NCCN1C(=O)CNC1=O)NC(C)c1cccc(-n2cccn2)c1.I. The summed E-state index contributed by atoms with van der Waals surface area (Å²) in [5.41, 5.74) is 2.07. The van der Waals surface area contributed by atoms with Gasteiger partial charge < -0.3 is 16.0 Å². The molecule has 3 rings (SSSR count). The minimum atomic E-state index is -0.359. The van der Waals surface area contributed by atoms with Crippen LogP contribution in [0.3, 0.4) is 0 Å². The highest BCUT2D eigenvalue weighted by atomic mass is 127. The molecule has 2 heterocycles. The van der Waals surface area contributed by atoms with Crippen molar-refractivity contribution in [2.75, 3.05) is 26.2 Å². The first kappa shape index (κ1) is 22.7. The van der Waals surface area contributed by atoms with Gasteiger partial charge in [-0.1, -0.05) is 12.1 Å². The molecule has 1 aromatic heterocycles. The van der Waals surface area contributed by atoms with Crippen LogP contribution < -0.4 is 16.0 Å². The molecular formula is C19H26IN7O2. The number of halogens is 1. The molecule has 1 fully saturated rings. The van der Waals surface area contributed by atoms with Crippen molar-refractivity contribution < 1.29 is 9.59 Å². The zero-order chi connectivity index (χ0) is 19.9. The first-order chi connectivity index (χ1) is 13.6. The maximum atomic E-state index is 11.6. The number of carbonyl (C=O) groups is 2. The molecule has 3 amide bonds. The van der Waals surface area contributed by atoms with Crippen LogP contribution in [0, 0.1) is 0 Å². The fourth-order valence-corrected chi connectivity index (χ4v) is 2.91. The Kier molecular flexibility index (Phi) is 8.43. The van der Waals surface area contributed by atoms with Gasteiger partial charge in [-0.25, -0.2) is 9.48 Å². The molecule has 0 spiro atoms. The topological polar surface area (TPSA) is 104 Å². The number of nitrogens with zero attached hydrogens (tertiary/aromatic N) is 4. The summed E-state index contributed by atoms with van der Waals surface area (Å²) in [6.45, 7) is 5.38. The lowest BCUT2D eigenvalue weighted by Gasteiger charge is -2.19. The number of imide groups is 1. The molecule has 3 N–H and O–H groups in total. The van der Waals surface area contributed by atoms with Crippen LogP contribution >= 0.6 is 24.0 Å². The van der Waals surface area contributed by atoms with E-state index in [9.17, 15) is 9.59 Å². The molecule has 0 radical (unpaired) electrons. The second-order valence-corrected chi connectivity index (χ2v) is 6.38. The Labute approximate surface area is 187 Å². The molecule has 9 nitrogen and oxygen atoms in total. The number of urea groups is 1. The highest BCUT2D eigenvalue weighted by molar-refractivity contribution is 14.0. The van der Waals surface area contributed by atoms with Gasteiger partial charge in [0.2, 0.25) is 5.91 Å². The molecule has 156 valence electrons. The van der Waals surface area contributed by atoms with E-state index in [1.54, 1.807) is 6.20 Å². The van der Waals surface area contributed by atoms with Crippen LogP contribution in [0.25, 0.3) is 5.69 Å². The van der Waals surface area contributed by atoms with E-state index < -0.39 is 0 Å². The van der Waals surface area contributed by atoms with Gasteiger partial charge in [-0.3, -0.25) is 14.7 Å². The van der Waals surface area contributed by atoms with Crippen LogP contribution in [0.5, 0.6) is 0 Å². The van der Waals surface area contributed by atoms with Gasteiger partial charge in [0.05, 0.1) is 31.4 Å². The molecule has 29 heavy (non-hydrogen) atoms. The van der Waals surface area contributed by atoms with E-state index in [1.165, 1.54) is 4.90 Å². The summed E-state index contributed by atoms with van der Waals surface area (Å²) in [5, 5.41) is 13.3. The van der Waals surface area contributed by atoms with E-state index in [2.05, 4.69) is 32.1 Å². The standard InChI is InChI=1S/C19H25N7O2.HI/c1-3-20-18(21-9-11-25-17(27)13-22-19(25)28)24-14(2)15-6-4-7-16(12-15)26-10-5-8-23-26;/h4-8,10,12,14H,3,9,11,13H2,1-2H3,(H,22,28)(H2,20,21,24);1H. The number of amides is 3. The fraction of sp³-hybridized carbons (Fsp3) is 0.368. The van der Waals surface area contributed by atoms with Crippen molar-refractivity contribution >= 4 is 41.9 Å². The van der Waals surface area contributed by atoms with Crippen molar-refractivity contribution in [3.8, 4) is 5.69 Å². The minimum absolute atomic E-state index is 0. The fourth-order valence-electron chi connectivity index (χ4n) is 2.91. The zero-order valence-corrected chi connectivity index (χ0v) is 18.8. The Morgan fingerprint density at radius 3 is 2.83 bits per heavy atom. The van der Waals surface area contributed by atoms with E-state index in [0.717, 1.165) is 11.3 Å². The van der Waals surface area contributed by atoms with Crippen molar-refractivity contribution in [3.63, 3.8) is 0 Å². The minimum Gasteiger partial charge on any atom is -0.357 e. The Balaban J connectivity index is 0.00000300. The summed E-state index contributed by atoms with van der Waals surface area (Å²) in [6, 6.07) is 9.64. The van der Waals surface area contributed by atoms with Gasteiger partial charge in [-0.05, 0) is 37.6 Å². The molecule has 1 unspecified atom stereocenters. The molecule has 1 aliphatic rings. The van der Waals surface area contributed by atoms with Crippen molar-refractivity contribution in [2.45, 2.75) is 19.9 Å². The average molecular weight is 511 g/mol. The zero-order valence-electron chi connectivity index (χ0n) is 16.5. The van der Waals surface area contributed by atoms with Gasteiger partial charge in [-0.2, -0.15) is 5.10 Å². The lowest BCUT2D eigenvalue weighted by molar-refractivity contribution is -0.124. The third-order valence-electron chi connectivity index (χ3n) is 4.37. The van der Waals surface area contributed by atoms with E-state index >= 15 is 0 Å². The molecule has 0 aliphatic carbocycles. The number of hydrogen-bond acceptors (Lipinski definition) is 4. The number of guanidine groups is 1. The quantitative estimate of drug-likeness (QED) is 0.227. The highest BCUT2D eigenvalue weighted by Crippen LogP contribution is 2.16. The summed E-state index contributed by atoms with van der Waals surface area (Å²) in [4.78, 5) is 28.9. The molecule has 1 aliphatic heterocycles. The van der Waals surface area contributed by atoms with Crippen LogP contribution in [-0.4, -0.2) is 58.8 Å². The van der Waals surface area contributed by atoms with E-state index in [-0.39, 0.29) is 55.0 Å². The molecule has 1 saturated heterocycles. The third kappa shape index (κ3) is 5.92. The summed E-state index contributed by atoms with van der Waals surface area (Å²) < 4.78 is 1.81. The second-order valence-electron chi connectivity index (χ2n) is 6.38. The molecule has 1 aromatic carbocycles. The first-order valence-electron chi connectivity index (χ1n) is 9.31. The Hall–Kier alpha value is -2.63. The summed E-state index contributed by atoms with van der Waals surface area (Å²) in [7, 11) is 0. The van der Waals surface area contributed by atoms with E-state index in [1.807, 2.05) is 49.0 Å². The van der Waals surface area contributed by atoms with Crippen LogP contribution in [0.2, 0.25) is 0 Å². The molecular weight excluding hydrogens is 485 g/mol. The molecule has 2 aromatic rings. The average Bonchev–Trinajstić information content (AvgIpc) is 3.34. The molecule has 0 bridgehead atoms. The monoisotopic (exact) mass is 511 g/mol. The number of aromatic nitrogens is 2. The predicted octanol–water partition coefficient (Wildman–Crippen LogP) is 1.66. The van der Waals surface area contributed by atoms with Crippen molar-refractivity contribution in [1.82, 2.24) is 30.6 Å². The number of nitrogens with one attached hydrogen (secondary N) is 3. The molecule has 1 atom stereocenters. The first-order valence-corrected chi connectivity index (χ1v) is 9.31. The summed E-state index contributed by atoms with van der Waals surface area (Å²) in [6.07, 6.45) is 3.65. The Morgan fingerprint density at radius 2 is 2.17 bits per heavy atom. The highest BCUT2D eigenvalue weighted by Gasteiger charge is 2.27. The van der Waals surface area contributed by atoms with Gasteiger partial charge in [0.25, 0.3) is 0 Å². The van der Waals surface area contributed by atoms with Crippen LogP contribution in [0.1, 0.15) is 25.5 Å². The van der Waals surface area contributed by atoms with Gasteiger partial charge in [0, 0.05) is 18.9 Å². The number of hydrogen-bond donors (Lipinski definition) is 3. The van der Waals surface area contributed by atoms with E-state index in [0.29, 0.717) is 19.0 Å². The number of carbonyl (C=O) groups excluding carboxylic acids is 2. The van der Waals surface area contributed by atoms with Crippen molar-refractivity contribution in [2.24, 2.45) is 4.99 Å². The number of aliphatic imine (C=N–C) groups is 1. The molecule has 10 heteroatoms. The Bertz CT molecular complexity index is 838. The second kappa shape index (κ2) is 10.8. The van der Waals surface area contributed by atoms with Gasteiger partial charge >= 0.3 is 6.03 Å². The van der Waals surface area contributed by atoms with Crippen LogP contribution in [-0.2, 0) is 4.79 Å². The number of benzene rings is 1. The van der Waals surface area contributed by atoms with Gasteiger partial charge in [0.15, 0.2) is 5.96 Å². The number of rotatable bonds is 7. The largest absolute Gasteiger partial charge is 0.357 e. The van der Waals surface area contributed by atoms with Crippen molar-refractivity contribution in [1.29, 1.82) is 0 Å². The lowest BCUT2D eigenvalue weighted by atomic mass is 10.1. The Morgan fingerprint density at radius 1 is 1.34 bits per heavy atom. The van der Waals surface area contributed by atoms with Crippen molar-refractivity contribution in [3.05, 3.63) is 48.3 Å². The van der Waals surface area contributed by atoms with E-state index in [4.69, 9.17) is 0 Å². The normalized spacial score (nSPS) is 15.0. The maximum absolute atomic E-state index is 11.6. The van der Waals surface area contributed by atoms with Crippen LogP contribution in [0.4, 0.5) is 4.79 Å². The summed E-state index contributed by atoms with van der Waals surface area (Å²) >= 11 is 0. The van der Waals surface area contributed by atoms with Gasteiger partial charge in [0.1, 0.15) is 0 Å². The smallest absolute Gasteiger partial charge is 0.324 e.